The molecule has 0 rings (SSSR count). The first-order valence-electron chi connectivity index (χ1n) is 23.5. The van der Waals surface area contributed by atoms with Crippen molar-refractivity contribution in [3.8, 4) is 0 Å². The fourth-order valence-corrected chi connectivity index (χ4v) is 5.84. The summed E-state index contributed by atoms with van der Waals surface area (Å²) in [5, 5.41) is 0. The van der Waals surface area contributed by atoms with Crippen molar-refractivity contribution in [1.29, 1.82) is 0 Å². The molecule has 0 aromatic carbocycles. The van der Waals surface area contributed by atoms with Crippen molar-refractivity contribution in [3.05, 3.63) is 109 Å². The fraction of sp³-hybridized carbons (Fsp3) is 0.604. The molecule has 0 aliphatic heterocycles. The van der Waals surface area contributed by atoms with E-state index in [0.29, 0.717) is 19.3 Å². The Morgan fingerprint density at radius 3 is 1.34 bits per heavy atom. The number of rotatable bonds is 40. The quantitative estimate of drug-likeness (QED) is 0.0201. The van der Waals surface area contributed by atoms with Gasteiger partial charge in [-0.1, -0.05) is 188 Å². The van der Waals surface area contributed by atoms with Crippen molar-refractivity contribution in [3.63, 3.8) is 0 Å². The molecule has 0 aromatic rings. The van der Waals surface area contributed by atoms with E-state index in [1.807, 2.05) is 36.5 Å². The monoisotopic (exact) mass is 817 g/mol. The van der Waals surface area contributed by atoms with Crippen LogP contribution in [0, 0.1) is 0 Å². The first kappa shape index (κ1) is 55.1. The fourth-order valence-electron chi connectivity index (χ4n) is 5.84. The van der Waals surface area contributed by atoms with Gasteiger partial charge in [-0.2, -0.15) is 0 Å². The van der Waals surface area contributed by atoms with Gasteiger partial charge in [-0.15, -0.1) is 0 Å². The van der Waals surface area contributed by atoms with Gasteiger partial charge >= 0.3 is 17.9 Å². The number of hydrogen-bond acceptors (Lipinski definition) is 6. The van der Waals surface area contributed by atoms with Crippen molar-refractivity contribution in [2.45, 2.75) is 194 Å². The molecular formula is C53H84O6. The Bertz CT molecular complexity index is 1260. The molecule has 0 N–H and O–H groups in total. The predicted molar refractivity (Wildman–Crippen MR) is 251 cm³/mol. The van der Waals surface area contributed by atoms with Gasteiger partial charge in [0.2, 0.25) is 0 Å². The second-order valence-electron chi connectivity index (χ2n) is 15.0. The van der Waals surface area contributed by atoms with Crippen LogP contribution in [0.15, 0.2) is 109 Å². The smallest absolute Gasteiger partial charge is 0.306 e. The molecule has 0 heterocycles. The Hall–Kier alpha value is -3.93. The van der Waals surface area contributed by atoms with Crippen molar-refractivity contribution in [2.75, 3.05) is 13.2 Å². The number of carbonyl (C=O) groups is 3. The normalized spacial score (nSPS) is 13.1. The molecule has 0 aliphatic carbocycles. The second kappa shape index (κ2) is 46.8. The summed E-state index contributed by atoms with van der Waals surface area (Å²) in [6.07, 6.45) is 62.2. The highest BCUT2D eigenvalue weighted by molar-refractivity contribution is 5.71. The largest absolute Gasteiger partial charge is 0.462 e. The summed E-state index contributed by atoms with van der Waals surface area (Å²) < 4.78 is 16.6. The van der Waals surface area contributed by atoms with E-state index >= 15 is 0 Å². The highest BCUT2D eigenvalue weighted by Crippen LogP contribution is 2.12. The Kier molecular flexibility index (Phi) is 43.6. The van der Waals surface area contributed by atoms with Crippen LogP contribution in [0.4, 0.5) is 0 Å². The number of ether oxygens (including phenoxy) is 3. The summed E-state index contributed by atoms with van der Waals surface area (Å²) in [6, 6.07) is 0. The van der Waals surface area contributed by atoms with E-state index in [0.717, 1.165) is 109 Å². The van der Waals surface area contributed by atoms with Crippen molar-refractivity contribution in [1.82, 2.24) is 0 Å². The van der Waals surface area contributed by atoms with Crippen LogP contribution in [-0.4, -0.2) is 37.2 Å². The molecule has 6 nitrogen and oxygen atoms in total. The van der Waals surface area contributed by atoms with Gasteiger partial charge in [-0.25, -0.2) is 0 Å². The Balaban J connectivity index is 4.48. The molecule has 0 saturated carbocycles. The number of unbranched alkanes of at least 4 members (excludes halogenated alkanes) is 15. The van der Waals surface area contributed by atoms with E-state index in [9.17, 15) is 14.4 Å². The molecule has 332 valence electrons. The molecule has 0 fully saturated rings. The van der Waals surface area contributed by atoms with Crippen LogP contribution in [0.25, 0.3) is 0 Å². The summed E-state index contributed by atoms with van der Waals surface area (Å²) in [4.78, 5) is 37.7. The Morgan fingerprint density at radius 2 is 0.780 bits per heavy atom. The molecule has 0 amide bonds. The highest BCUT2D eigenvalue weighted by atomic mass is 16.6. The molecule has 0 spiro atoms. The number of carbonyl (C=O) groups excluding carboxylic acids is 3. The lowest BCUT2D eigenvalue weighted by Gasteiger charge is -2.18. The van der Waals surface area contributed by atoms with E-state index in [-0.39, 0.29) is 37.5 Å². The maximum atomic E-state index is 12.7. The van der Waals surface area contributed by atoms with Gasteiger partial charge in [0.25, 0.3) is 0 Å². The minimum Gasteiger partial charge on any atom is -0.462 e. The summed E-state index contributed by atoms with van der Waals surface area (Å²) in [5.41, 5.74) is 0. The number of allylic oxidation sites excluding steroid dienone is 18. The molecule has 0 saturated heterocycles. The molecular weight excluding hydrogens is 733 g/mol. The zero-order valence-corrected chi connectivity index (χ0v) is 37.7. The van der Waals surface area contributed by atoms with Gasteiger partial charge in [0, 0.05) is 19.3 Å². The number of hydrogen-bond donors (Lipinski definition) is 0. The number of esters is 3. The van der Waals surface area contributed by atoms with E-state index in [4.69, 9.17) is 14.2 Å². The van der Waals surface area contributed by atoms with Crippen molar-refractivity contribution >= 4 is 17.9 Å². The first-order valence-corrected chi connectivity index (χ1v) is 23.5. The first-order chi connectivity index (χ1) is 29.0. The third-order valence-corrected chi connectivity index (χ3v) is 9.34. The average molecular weight is 817 g/mol. The predicted octanol–water partition coefficient (Wildman–Crippen LogP) is 15.2. The molecule has 0 aliphatic rings. The van der Waals surface area contributed by atoms with Crippen LogP contribution >= 0.6 is 0 Å². The molecule has 0 radical (unpaired) electrons. The second-order valence-corrected chi connectivity index (χ2v) is 15.0. The summed E-state index contributed by atoms with van der Waals surface area (Å²) in [6.45, 7) is 6.30. The summed E-state index contributed by atoms with van der Waals surface area (Å²) in [5.74, 6) is -1.00. The van der Waals surface area contributed by atoms with Crippen molar-refractivity contribution in [2.24, 2.45) is 0 Å². The maximum Gasteiger partial charge on any atom is 0.306 e. The maximum absolute atomic E-state index is 12.7. The van der Waals surface area contributed by atoms with Gasteiger partial charge in [-0.05, 0) is 89.9 Å². The minimum absolute atomic E-state index is 0.112. The lowest BCUT2D eigenvalue weighted by Crippen LogP contribution is -2.30. The molecule has 6 heteroatoms. The Labute approximate surface area is 361 Å². The zero-order chi connectivity index (χ0) is 43.0. The summed E-state index contributed by atoms with van der Waals surface area (Å²) >= 11 is 0. The van der Waals surface area contributed by atoms with Crippen LogP contribution in [-0.2, 0) is 28.6 Å². The standard InChI is InChI=1S/C53H84O6/c1-4-7-10-13-16-19-21-23-25-26-27-28-30-31-34-37-40-43-46-52(55)58-49-50(48-57-51(54)45-42-39-36-33-18-15-12-9-6-3)59-53(56)47-44-41-38-35-32-29-24-22-20-17-14-11-8-5-2/h8,10-11,13,16-17,19-21,23-29,33,36,50H,4-7,9,12,14-15,18,22,30-32,34-35,37-49H2,1-3H3/b11-8-,13-10-,19-16-,20-17-,23-21-,26-25-,28-27-,29-24-,36-33-. The zero-order valence-electron chi connectivity index (χ0n) is 37.7. The SMILES string of the molecule is CC/C=C\C/C=C\C/C=C\CCCCCCC(=O)OC(COC(=O)CCC/C=C\CCCCCC)COC(=O)CCCCCCC\C=C/C=C\C=C/C=C\C=C/CCC. The van der Waals surface area contributed by atoms with Gasteiger partial charge in [-0.3, -0.25) is 14.4 Å². The van der Waals surface area contributed by atoms with Gasteiger partial charge in [0.05, 0.1) is 0 Å². The molecule has 1 atom stereocenters. The van der Waals surface area contributed by atoms with Crippen LogP contribution in [0.2, 0.25) is 0 Å². The van der Waals surface area contributed by atoms with Gasteiger partial charge in [0.1, 0.15) is 13.2 Å². The van der Waals surface area contributed by atoms with E-state index in [1.165, 1.54) is 32.1 Å². The lowest BCUT2D eigenvalue weighted by atomic mass is 10.1. The lowest BCUT2D eigenvalue weighted by molar-refractivity contribution is -0.167. The van der Waals surface area contributed by atoms with Gasteiger partial charge in [0.15, 0.2) is 6.10 Å². The van der Waals surface area contributed by atoms with E-state index in [1.54, 1.807) is 0 Å². The minimum atomic E-state index is -0.811. The molecule has 1 unspecified atom stereocenters. The van der Waals surface area contributed by atoms with Crippen LogP contribution in [0.1, 0.15) is 188 Å². The molecule has 0 aromatic heterocycles. The van der Waals surface area contributed by atoms with Gasteiger partial charge < -0.3 is 14.2 Å². The Morgan fingerprint density at radius 1 is 0.373 bits per heavy atom. The van der Waals surface area contributed by atoms with E-state index < -0.39 is 6.10 Å². The van der Waals surface area contributed by atoms with Crippen LogP contribution < -0.4 is 0 Å². The summed E-state index contributed by atoms with van der Waals surface area (Å²) in [7, 11) is 0. The van der Waals surface area contributed by atoms with Crippen LogP contribution in [0.5, 0.6) is 0 Å². The average Bonchev–Trinajstić information content (AvgIpc) is 3.23. The third-order valence-electron chi connectivity index (χ3n) is 9.34. The van der Waals surface area contributed by atoms with Crippen molar-refractivity contribution < 1.29 is 28.6 Å². The highest BCUT2D eigenvalue weighted by Gasteiger charge is 2.19. The van der Waals surface area contributed by atoms with Crippen LogP contribution in [0.3, 0.4) is 0 Å². The third kappa shape index (κ3) is 45.0. The molecule has 0 bridgehead atoms. The van der Waals surface area contributed by atoms with E-state index in [2.05, 4.69) is 93.7 Å². The topological polar surface area (TPSA) is 78.9 Å². The molecule has 59 heavy (non-hydrogen) atoms.